The van der Waals surface area contributed by atoms with Crippen LogP contribution in [0.1, 0.15) is 34.2 Å². The topological polar surface area (TPSA) is 95.7 Å². The molecule has 0 unspecified atom stereocenters. The summed E-state index contributed by atoms with van der Waals surface area (Å²) in [5.74, 6) is 0.408. The predicted octanol–water partition coefficient (Wildman–Crippen LogP) is 2.83. The molecular formula is C20H22N4O4S. The quantitative estimate of drug-likeness (QED) is 0.315. The number of carbonyl (C=O) groups is 2. The molecule has 0 amide bonds. The van der Waals surface area contributed by atoms with E-state index in [1.165, 1.54) is 11.8 Å². The molecule has 0 bridgehead atoms. The fourth-order valence-electron chi connectivity index (χ4n) is 2.86. The fraction of sp³-hybridized carbons (Fsp3) is 0.350. The second-order valence-electron chi connectivity index (χ2n) is 6.29. The predicted molar refractivity (Wildman–Crippen MR) is 109 cm³/mol. The Morgan fingerprint density at radius 2 is 1.86 bits per heavy atom. The molecule has 1 aromatic carbocycles. The molecule has 9 heteroatoms. The monoisotopic (exact) mass is 414 g/mol. The highest BCUT2D eigenvalue weighted by molar-refractivity contribution is 7.98. The van der Waals surface area contributed by atoms with Crippen molar-refractivity contribution in [2.75, 3.05) is 19.5 Å². The molecule has 0 aliphatic heterocycles. The summed E-state index contributed by atoms with van der Waals surface area (Å²) >= 11 is 1.42. The van der Waals surface area contributed by atoms with E-state index in [1.54, 1.807) is 28.8 Å². The zero-order valence-corrected chi connectivity index (χ0v) is 17.6. The minimum Gasteiger partial charge on any atom is -0.494 e. The van der Waals surface area contributed by atoms with Crippen molar-refractivity contribution < 1.29 is 19.1 Å². The number of hydrogen-bond acceptors (Lipinski definition) is 8. The zero-order chi connectivity index (χ0) is 21.0. The fourth-order valence-corrected chi connectivity index (χ4v) is 3.20. The molecular weight excluding hydrogens is 392 g/mol. The van der Waals surface area contributed by atoms with Crippen LogP contribution >= 0.6 is 11.8 Å². The normalized spacial score (nSPS) is 10.9. The smallest absolute Gasteiger partial charge is 0.310 e. The summed E-state index contributed by atoms with van der Waals surface area (Å²) < 4.78 is 12.2. The van der Waals surface area contributed by atoms with Crippen molar-refractivity contribution in [1.29, 1.82) is 0 Å². The second-order valence-corrected chi connectivity index (χ2v) is 7.06. The molecule has 0 saturated carbocycles. The van der Waals surface area contributed by atoms with Crippen LogP contribution in [-0.2, 0) is 16.0 Å². The van der Waals surface area contributed by atoms with Gasteiger partial charge in [0.15, 0.2) is 12.4 Å². The minimum absolute atomic E-state index is 0.00558. The lowest BCUT2D eigenvalue weighted by atomic mass is 10.1. The van der Waals surface area contributed by atoms with Gasteiger partial charge in [-0.25, -0.2) is 9.50 Å². The van der Waals surface area contributed by atoms with Gasteiger partial charge in [0.2, 0.25) is 5.16 Å². The van der Waals surface area contributed by atoms with E-state index in [0.717, 1.165) is 5.69 Å². The standard InChI is InChI=1S/C20H22N4O4S/c1-5-27-15-8-6-14(7-9-15)17(25)11-28-18(26)10-16-12(2)21-19-22-20(29-4)23-24(19)13(16)3/h6-9H,5,10-11H2,1-4H3. The van der Waals surface area contributed by atoms with Crippen LogP contribution in [0.15, 0.2) is 29.4 Å². The lowest BCUT2D eigenvalue weighted by molar-refractivity contribution is -0.141. The van der Waals surface area contributed by atoms with E-state index in [4.69, 9.17) is 9.47 Å². The van der Waals surface area contributed by atoms with E-state index >= 15 is 0 Å². The van der Waals surface area contributed by atoms with Crippen LogP contribution in [0.2, 0.25) is 0 Å². The van der Waals surface area contributed by atoms with Crippen molar-refractivity contribution in [1.82, 2.24) is 19.6 Å². The Bertz CT molecular complexity index is 1050. The molecule has 0 aliphatic rings. The third-order valence-electron chi connectivity index (χ3n) is 4.38. The first-order valence-corrected chi connectivity index (χ1v) is 10.3. The highest BCUT2D eigenvalue weighted by Gasteiger charge is 2.17. The Morgan fingerprint density at radius 3 is 2.52 bits per heavy atom. The molecule has 2 heterocycles. The number of thioether (sulfide) groups is 1. The van der Waals surface area contributed by atoms with Gasteiger partial charge in [0.05, 0.1) is 13.0 Å². The van der Waals surface area contributed by atoms with Gasteiger partial charge in [-0.05, 0) is 51.3 Å². The van der Waals surface area contributed by atoms with Crippen molar-refractivity contribution in [3.63, 3.8) is 0 Å². The SMILES string of the molecule is CCOc1ccc(C(=O)COC(=O)Cc2c(C)nc3nc(SC)nn3c2C)cc1. The van der Waals surface area contributed by atoms with Crippen LogP contribution in [-0.4, -0.2) is 50.8 Å². The number of ether oxygens (including phenoxy) is 2. The largest absolute Gasteiger partial charge is 0.494 e. The van der Waals surface area contributed by atoms with Gasteiger partial charge in [-0.15, -0.1) is 5.10 Å². The molecule has 0 spiro atoms. The molecule has 3 aromatic rings. The Morgan fingerprint density at radius 1 is 1.14 bits per heavy atom. The van der Waals surface area contributed by atoms with Crippen LogP contribution in [0, 0.1) is 13.8 Å². The van der Waals surface area contributed by atoms with Gasteiger partial charge in [-0.3, -0.25) is 9.59 Å². The first-order valence-electron chi connectivity index (χ1n) is 9.11. The second kappa shape index (κ2) is 9.04. The van der Waals surface area contributed by atoms with Gasteiger partial charge in [0, 0.05) is 22.5 Å². The third kappa shape index (κ3) is 4.73. The van der Waals surface area contributed by atoms with E-state index < -0.39 is 5.97 Å². The number of aromatic nitrogens is 4. The Labute approximate surface area is 172 Å². The van der Waals surface area contributed by atoms with Crippen LogP contribution in [0.4, 0.5) is 0 Å². The van der Waals surface area contributed by atoms with E-state index in [2.05, 4.69) is 15.1 Å². The molecule has 29 heavy (non-hydrogen) atoms. The number of carbonyl (C=O) groups excluding carboxylic acids is 2. The molecule has 0 fully saturated rings. The molecule has 152 valence electrons. The number of aryl methyl sites for hydroxylation is 2. The van der Waals surface area contributed by atoms with Crippen LogP contribution in [0.3, 0.4) is 0 Å². The van der Waals surface area contributed by atoms with E-state index in [1.807, 2.05) is 27.0 Å². The summed E-state index contributed by atoms with van der Waals surface area (Å²) in [7, 11) is 0. The summed E-state index contributed by atoms with van der Waals surface area (Å²) in [6.45, 7) is 5.79. The maximum Gasteiger partial charge on any atom is 0.310 e. The lowest BCUT2D eigenvalue weighted by Crippen LogP contribution is -2.17. The molecule has 0 radical (unpaired) electrons. The molecule has 0 N–H and O–H groups in total. The van der Waals surface area contributed by atoms with Crippen LogP contribution in [0.5, 0.6) is 5.75 Å². The number of hydrogen-bond donors (Lipinski definition) is 0. The summed E-state index contributed by atoms with van der Waals surface area (Å²) in [4.78, 5) is 33.3. The summed E-state index contributed by atoms with van der Waals surface area (Å²) in [6, 6.07) is 6.74. The van der Waals surface area contributed by atoms with Gasteiger partial charge in [0.1, 0.15) is 5.75 Å². The Balaban J connectivity index is 1.65. The van der Waals surface area contributed by atoms with Crippen LogP contribution in [0.25, 0.3) is 5.78 Å². The Hall–Kier alpha value is -2.94. The number of fused-ring (bicyclic) bond motifs is 1. The molecule has 3 rings (SSSR count). The maximum atomic E-state index is 12.3. The van der Waals surface area contributed by atoms with E-state index in [9.17, 15) is 9.59 Å². The number of Topliss-reactive ketones (excluding diaryl/α,β-unsaturated/α-hetero) is 1. The minimum atomic E-state index is -0.498. The van der Waals surface area contributed by atoms with Gasteiger partial charge >= 0.3 is 5.97 Å². The van der Waals surface area contributed by atoms with Gasteiger partial charge in [0.25, 0.3) is 5.78 Å². The lowest BCUT2D eigenvalue weighted by Gasteiger charge is -2.10. The van der Waals surface area contributed by atoms with Crippen molar-refractivity contribution in [2.24, 2.45) is 0 Å². The average Bonchev–Trinajstić information content (AvgIpc) is 3.13. The van der Waals surface area contributed by atoms with Crippen molar-refractivity contribution in [3.8, 4) is 5.75 Å². The zero-order valence-electron chi connectivity index (χ0n) is 16.8. The Kier molecular flexibility index (Phi) is 6.48. The van der Waals surface area contributed by atoms with Gasteiger partial charge in [-0.2, -0.15) is 4.98 Å². The van der Waals surface area contributed by atoms with E-state index in [-0.39, 0.29) is 18.8 Å². The number of esters is 1. The molecule has 0 saturated heterocycles. The molecule has 0 atom stereocenters. The summed E-state index contributed by atoms with van der Waals surface area (Å²) in [5.41, 5.74) is 2.64. The van der Waals surface area contributed by atoms with Gasteiger partial charge in [-0.1, -0.05) is 11.8 Å². The number of benzene rings is 1. The summed E-state index contributed by atoms with van der Waals surface area (Å²) in [6.07, 6.45) is 1.89. The highest BCUT2D eigenvalue weighted by Crippen LogP contribution is 2.18. The number of nitrogens with zero attached hydrogens (tertiary/aromatic N) is 4. The van der Waals surface area contributed by atoms with E-state index in [0.29, 0.717) is 40.1 Å². The van der Waals surface area contributed by atoms with Gasteiger partial charge < -0.3 is 9.47 Å². The number of rotatable bonds is 8. The third-order valence-corrected chi connectivity index (χ3v) is 4.92. The molecule has 8 nitrogen and oxygen atoms in total. The van der Waals surface area contributed by atoms with Crippen LogP contribution < -0.4 is 4.74 Å². The first kappa shape index (κ1) is 20.8. The maximum absolute atomic E-state index is 12.3. The van der Waals surface area contributed by atoms with Crippen molar-refractivity contribution in [3.05, 3.63) is 46.8 Å². The highest BCUT2D eigenvalue weighted by atomic mass is 32.2. The summed E-state index contributed by atoms with van der Waals surface area (Å²) in [5, 5.41) is 4.98. The van der Waals surface area contributed by atoms with Crippen molar-refractivity contribution in [2.45, 2.75) is 32.3 Å². The average molecular weight is 414 g/mol. The molecule has 2 aromatic heterocycles. The first-order chi connectivity index (χ1) is 13.9. The molecule has 0 aliphatic carbocycles. The van der Waals surface area contributed by atoms with Crippen molar-refractivity contribution >= 4 is 29.3 Å². The number of ketones is 1.